The molecule has 1 heterocycles. The van der Waals surface area contributed by atoms with Crippen molar-refractivity contribution < 1.29 is 18.0 Å². The molecule has 4 rings (SSSR count). The minimum Gasteiger partial charge on any atom is -0.351 e. The van der Waals surface area contributed by atoms with Crippen LogP contribution in [0.5, 0.6) is 0 Å². The van der Waals surface area contributed by atoms with E-state index in [1.54, 1.807) is 60.7 Å². The van der Waals surface area contributed by atoms with Gasteiger partial charge in [-0.25, -0.2) is 0 Å². The largest absolute Gasteiger partial charge is 0.404 e. The maximum absolute atomic E-state index is 14.1. The molecule has 8 heteroatoms. The minimum atomic E-state index is -4.36. The zero-order valence-electron chi connectivity index (χ0n) is 19.6. The van der Waals surface area contributed by atoms with Crippen molar-refractivity contribution in [3.05, 3.63) is 106 Å². The Balaban J connectivity index is 1.55. The summed E-state index contributed by atoms with van der Waals surface area (Å²) in [7, 11) is 0. The number of hydrogen-bond donors (Lipinski definition) is 1. The first-order chi connectivity index (χ1) is 17.2. The number of halogens is 5. The highest BCUT2D eigenvalue weighted by atomic mass is 35.5. The zero-order valence-corrected chi connectivity index (χ0v) is 21.1. The number of nitrogens with zero attached hydrogens (tertiary/aromatic N) is 1. The van der Waals surface area contributed by atoms with Crippen molar-refractivity contribution in [3.63, 3.8) is 0 Å². The molecular weight excluding hydrogens is 508 g/mol. The molecule has 0 radical (unpaired) electrons. The summed E-state index contributed by atoms with van der Waals surface area (Å²) in [5.74, 6) is -0.327. The summed E-state index contributed by atoms with van der Waals surface area (Å²) < 4.78 is 42.4. The predicted octanol–water partition coefficient (Wildman–Crippen LogP) is 6.93. The van der Waals surface area contributed by atoms with Crippen LogP contribution in [0.2, 0.25) is 10.0 Å². The maximum Gasteiger partial charge on any atom is 0.404 e. The van der Waals surface area contributed by atoms with Crippen molar-refractivity contribution >= 4 is 29.1 Å². The fourth-order valence-electron chi connectivity index (χ4n) is 4.98. The third kappa shape index (κ3) is 6.05. The highest BCUT2D eigenvalue weighted by molar-refractivity contribution is 6.33. The first-order valence-electron chi connectivity index (χ1n) is 11.8. The second-order valence-corrected chi connectivity index (χ2v) is 10.0. The number of piperidine rings is 1. The van der Waals surface area contributed by atoms with E-state index in [4.69, 9.17) is 23.2 Å². The van der Waals surface area contributed by atoms with E-state index >= 15 is 0 Å². The van der Waals surface area contributed by atoms with Crippen LogP contribution in [0.25, 0.3) is 0 Å². The number of alkyl halides is 3. The van der Waals surface area contributed by atoms with Crippen LogP contribution in [0.15, 0.2) is 78.9 Å². The summed E-state index contributed by atoms with van der Waals surface area (Å²) in [5, 5.41) is 3.84. The van der Waals surface area contributed by atoms with Crippen molar-refractivity contribution in [3.8, 4) is 0 Å². The van der Waals surface area contributed by atoms with Crippen molar-refractivity contribution in [2.45, 2.75) is 36.9 Å². The Bertz CT molecular complexity index is 1180. The highest BCUT2D eigenvalue weighted by Gasteiger charge is 2.47. The SMILES string of the molecule is O=C(NCC1(c2ccccc2Cl)CCN(C(Cc2ccccc2)C(F)(F)F)CC1)c1ccccc1Cl. The van der Waals surface area contributed by atoms with E-state index in [9.17, 15) is 18.0 Å². The summed E-state index contributed by atoms with van der Waals surface area (Å²) >= 11 is 12.7. The van der Waals surface area contributed by atoms with Gasteiger partial charge in [0.1, 0.15) is 6.04 Å². The molecule has 1 N–H and O–H groups in total. The van der Waals surface area contributed by atoms with E-state index in [1.165, 1.54) is 4.90 Å². The normalized spacial score (nSPS) is 16.9. The topological polar surface area (TPSA) is 32.3 Å². The Labute approximate surface area is 219 Å². The van der Waals surface area contributed by atoms with Crippen molar-refractivity contribution in [2.75, 3.05) is 19.6 Å². The van der Waals surface area contributed by atoms with Crippen LogP contribution in [-0.4, -0.2) is 42.7 Å². The van der Waals surface area contributed by atoms with Gasteiger partial charge in [-0.1, -0.05) is 83.9 Å². The van der Waals surface area contributed by atoms with Gasteiger partial charge in [0.25, 0.3) is 5.91 Å². The number of rotatable bonds is 7. The molecule has 36 heavy (non-hydrogen) atoms. The van der Waals surface area contributed by atoms with E-state index < -0.39 is 17.6 Å². The number of benzene rings is 3. The van der Waals surface area contributed by atoms with Gasteiger partial charge in [0.05, 0.1) is 10.6 Å². The van der Waals surface area contributed by atoms with Crippen LogP contribution in [0.3, 0.4) is 0 Å². The Morgan fingerprint density at radius 3 is 2.08 bits per heavy atom. The van der Waals surface area contributed by atoms with E-state index in [1.807, 2.05) is 18.2 Å². The lowest BCUT2D eigenvalue weighted by atomic mass is 9.72. The van der Waals surface area contributed by atoms with Gasteiger partial charge in [-0.2, -0.15) is 13.2 Å². The van der Waals surface area contributed by atoms with Crippen molar-refractivity contribution in [1.29, 1.82) is 0 Å². The lowest BCUT2D eigenvalue weighted by Gasteiger charge is -2.45. The predicted molar refractivity (Wildman–Crippen MR) is 138 cm³/mol. The molecular formula is C28H27Cl2F3N2O. The number of likely N-dealkylation sites (tertiary alicyclic amines) is 1. The van der Waals surface area contributed by atoms with E-state index in [-0.39, 0.29) is 32.0 Å². The fourth-order valence-corrected chi connectivity index (χ4v) is 5.53. The van der Waals surface area contributed by atoms with Gasteiger partial charge >= 0.3 is 6.18 Å². The number of hydrogen-bond acceptors (Lipinski definition) is 2. The molecule has 1 unspecified atom stereocenters. The molecule has 190 valence electrons. The molecule has 3 aromatic rings. The van der Waals surface area contributed by atoms with Crippen molar-refractivity contribution in [1.82, 2.24) is 10.2 Å². The standard InChI is InChI=1S/C28H27Cl2F3N2O/c29-23-12-6-4-10-21(23)26(36)34-19-27(22-11-5-7-13-24(22)30)14-16-35(17-15-27)25(28(31,32)33)18-20-8-2-1-3-9-20/h1-13,25H,14-19H2,(H,34,36). The molecule has 1 saturated heterocycles. The van der Waals surface area contributed by atoms with Gasteiger partial charge in [-0.05, 0) is 61.7 Å². The summed E-state index contributed by atoms with van der Waals surface area (Å²) in [6.45, 7) is 0.693. The van der Waals surface area contributed by atoms with Crippen LogP contribution >= 0.6 is 23.2 Å². The van der Waals surface area contributed by atoms with E-state index in [0.29, 0.717) is 34.0 Å². The van der Waals surface area contributed by atoms with Gasteiger partial charge in [0.2, 0.25) is 0 Å². The lowest BCUT2D eigenvalue weighted by Crippen LogP contribution is -2.55. The summed E-state index contributed by atoms with van der Waals surface area (Å²) in [6.07, 6.45) is -3.63. The molecule has 0 aromatic heterocycles. The van der Waals surface area contributed by atoms with E-state index in [2.05, 4.69) is 5.32 Å². The number of carbonyl (C=O) groups is 1. The fraction of sp³-hybridized carbons (Fsp3) is 0.321. The first-order valence-corrected chi connectivity index (χ1v) is 12.6. The molecule has 1 aliphatic heterocycles. The van der Waals surface area contributed by atoms with Crippen LogP contribution in [-0.2, 0) is 11.8 Å². The maximum atomic E-state index is 14.1. The number of carbonyl (C=O) groups excluding carboxylic acids is 1. The van der Waals surface area contributed by atoms with Gasteiger partial charge in [-0.3, -0.25) is 9.69 Å². The Kier molecular flexibility index (Phi) is 8.28. The third-order valence-electron chi connectivity index (χ3n) is 7.00. The quantitative estimate of drug-likeness (QED) is 0.356. The van der Waals surface area contributed by atoms with Gasteiger partial charge in [0, 0.05) is 17.0 Å². The van der Waals surface area contributed by atoms with Crippen molar-refractivity contribution in [2.24, 2.45) is 0 Å². The van der Waals surface area contributed by atoms with Crippen LogP contribution < -0.4 is 5.32 Å². The number of amides is 1. The van der Waals surface area contributed by atoms with Gasteiger partial charge < -0.3 is 5.32 Å². The molecule has 0 bridgehead atoms. The zero-order chi connectivity index (χ0) is 25.8. The Hall–Kier alpha value is -2.54. The molecule has 3 aromatic carbocycles. The van der Waals surface area contributed by atoms with E-state index in [0.717, 1.165) is 5.56 Å². The van der Waals surface area contributed by atoms with Gasteiger partial charge in [0.15, 0.2) is 0 Å². The summed E-state index contributed by atoms with van der Waals surface area (Å²) in [6, 6.07) is 21.3. The summed E-state index contributed by atoms with van der Waals surface area (Å²) in [4.78, 5) is 14.4. The van der Waals surface area contributed by atoms with Crippen LogP contribution in [0.1, 0.15) is 34.3 Å². The smallest absolute Gasteiger partial charge is 0.351 e. The number of nitrogens with one attached hydrogen (secondary N) is 1. The average Bonchev–Trinajstić information content (AvgIpc) is 2.87. The Morgan fingerprint density at radius 2 is 1.47 bits per heavy atom. The molecule has 1 amide bonds. The highest BCUT2D eigenvalue weighted by Crippen LogP contribution is 2.41. The third-order valence-corrected chi connectivity index (χ3v) is 7.66. The molecule has 1 aliphatic rings. The molecule has 0 saturated carbocycles. The molecule has 0 aliphatic carbocycles. The Morgan fingerprint density at radius 1 is 0.889 bits per heavy atom. The molecule has 3 nitrogen and oxygen atoms in total. The molecule has 1 atom stereocenters. The second-order valence-electron chi connectivity index (χ2n) is 9.21. The lowest BCUT2D eigenvalue weighted by molar-refractivity contribution is -0.187. The second kappa shape index (κ2) is 11.2. The van der Waals surface area contributed by atoms with Crippen LogP contribution in [0.4, 0.5) is 13.2 Å². The summed E-state index contributed by atoms with van der Waals surface area (Å²) in [5.41, 5.74) is 1.23. The first kappa shape index (κ1) is 26.5. The minimum absolute atomic E-state index is 0.104. The molecule has 1 fully saturated rings. The monoisotopic (exact) mass is 534 g/mol. The van der Waals surface area contributed by atoms with Gasteiger partial charge in [-0.15, -0.1) is 0 Å². The molecule has 0 spiro atoms. The average molecular weight is 535 g/mol. The van der Waals surface area contributed by atoms with Crippen LogP contribution in [0, 0.1) is 0 Å².